The summed E-state index contributed by atoms with van der Waals surface area (Å²) in [7, 11) is 0. The molecule has 164 valence electrons. The molecule has 5 rings (SSSR count). The lowest BCUT2D eigenvalue weighted by Gasteiger charge is -2.29. The number of piperidine rings is 1. The molecule has 2 aliphatic heterocycles. The summed E-state index contributed by atoms with van der Waals surface area (Å²) in [6, 6.07) is 1.65. The molecule has 0 aromatic carbocycles. The minimum atomic E-state index is -1.05. The van der Waals surface area contributed by atoms with E-state index < -0.39 is 12.3 Å². The van der Waals surface area contributed by atoms with Gasteiger partial charge in [-0.2, -0.15) is 5.10 Å². The Morgan fingerprint density at radius 3 is 2.90 bits per heavy atom. The van der Waals surface area contributed by atoms with Crippen molar-refractivity contribution in [2.45, 2.75) is 50.1 Å². The summed E-state index contributed by atoms with van der Waals surface area (Å²) in [5.74, 6) is 0.369. The predicted octanol–water partition coefficient (Wildman–Crippen LogP) is 2.35. The van der Waals surface area contributed by atoms with E-state index in [2.05, 4.69) is 20.7 Å². The highest BCUT2D eigenvalue weighted by Gasteiger charge is 2.36. The van der Waals surface area contributed by atoms with Gasteiger partial charge in [0, 0.05) is 25.1 Å². The first-order valence-electron chi connectivity index (χ1n) is 10.9. The normalized spacial score (nSPS) is 27.0. The van der Waals surface area contributed by atoms with E-state index in [1.165, 1.54) is 12.3 Å². The zero-order valence-electron chi connectivity index (χ0n) is 17.2. The van der Waals surface area contributed by atoms with Crippen molar-refractivity contribution in [3.63, 3.8) is 0 Å². The molecule has 3 aliphatic rings. The Balaban J connectivity index is 1.42. The van der Waals surface area contributed by atoms with Gasteiger partial charge in [-0.05, 0) is 37.6 Å². The molecule has 2 aromatic rings. The van der Waals surface area contributed by atoms with Crippen LogP contribution in [-0.4, -0.2) is 64.6 Å². The van der Waals surface area contributed by atoms with Crippen LogP contribution in [0.4, 0.5) is 14.6 Å². The Hall–Kier alpha value is -2.81. The predicted molar refractivity (Wildman–Crippen MR) is 114 cm³/mol. The van der Waals surface area contributed by atoms with Gasteiger partial charge in [0.15, 0.2) is 5.65 Å². The molecule has 2 aromatic heterocycles. The molecule has 7 nitrogen and oxygen atoms in total. The number of fused-ring (bicyclic) bond motifs is 1. The Morgan fingerprint density at radius 2 is 2.10 bits per heavy atom. The van der Waals surface area contributed by atoms with Crippen LogP contribution in [0, 0.1) is 0 Å². The lowest BCUT2D eigenvalue weighted by Crippen LogP contribution is -2.42. The van der Waals surface area contributed by atoms with Gasteiger partial charge in [0.25, 0.3) is 5.91 Å². The maximum Gasteiger partial charge on any atom is 0.256 e. The Labute approximate surface area is 179 Å². The fraction of sp³-hybridized carbons (Fsp3) is 0.500. The first-order valence-corrected chi connectivity index (χ1v) is 10.9. The Morgan fingerprint density at radius 1 is 1.26 bits per heavy atom. The maximum atomic E-state index is 14.4. The molecule has 1 aliphatic carbocycles. The lowest BCUT2D eigenvalue weighted by molar-refractivity contribution is 0.0931. The summed E-state index contributed by atoms with van der Waals surface area (Å²) in [6.45, 7) is 1.96. The Bertz CT molecular complexity index is 1030. The van der Waals surface area contributed by atoms with Crippen molar-refractivity contribution >= 4 is 17.4 Å². The molecule has 2 saturated heterocycles. The standard InChI is InChI=1S/C22H26F2N6O/c23-15-3-1-2-14(10-15)19-11-16(24)13-29(19)20-6-9-30-21(28-20)18(12-26-30)22(31)27-17-4-7-25-8-5-17/h1-3,6,9,12,15-17,19,25H,4-5,7-8,10-11,13H2,(H,27,31). The topological polar surface area (TPSA) is 74.6 Å². The third-order valence-corrected chi connectivity index (χ3v) is 6.31. The largest absolute Gasteiger partial charge is 0.349 e. The fourth-order valence-corrected chi connectivity index (χ4v) is 4.71. The molecule has 31 heavy (non-hydrogen) atoms. The van der Waals surface area contributed by atoms with Crippen molar-refractivity contribution in [1.82, 2.24) is 25.2 Å². The van der Waals surface area contributed by atoms with Crippen LogP contribution in [0.3, 0.4) is 0 Å². The van der Waals surface area contributed by atoms with E-state index in [1.807, 2.05) is 11.0 Å². The second-order valence-corrected chi connectivity index (χ2v) is 8.46. The second kappa shape index (κ2) is 8.37. The number of nitrogens with zero attached hydrogens (tertiary/aromatic N) is 4. The highest BCUT2D eigenvalue weighted by molar-refractivity contribution is 5.99. The van der Waals surface area contributed by atoms with E-state index in [1.54, 1.807) is 22.9 Å². The third kappa shape index (κ3) is 4.06. The van der Waals surface area contributed by atoms with Crippen LogP contribution in [0.15, 0.2) is 42.3 Å². The number of hydrogen-bond acceptors (Lipinski definition) is 5. The summed E-state index contributed by atoms with van der Waals surface area (Å²) in [5, 5.41) is 10.6. The molecule has 0 bridgehead atoms. The van der Waals surface area contributed by atoms with Crippen molar-refractivity contribution < 1.29 is 13.6 Å². The minimum Gasteiger partial charge on any atom is -0.349 e. The number of nitrogens with one attached hydrogen (secondary N) is 2. The van der Waals surface area contributed by atoms with Crippen LogP contribution < -0.4 is 15.5 Å². The van der Waals surface area contributed by atoms with Crippen LogP contribution in [0.2, 0.25) is 0 Å². The highest BCUT2D eigenvalue weighted by atomic mass is 19.1. The summed E-state index contributed by atoms with van der Waals surface area (Å²) in [5.41, 5.74) is 1.71. The van der Waals surface area contributed by atoms with E-state index >= 15 is 0 Å². The van der Waals surface area contributed by atoms with Crippen molar-refractivity contribution in [3.05, 3.63) is 47.8 Å². The van der Waals surface area contributed by atoms with Gasteiger partial charge in [0.2, 0.25) is 0 Å². The van der Waals surface area contributed by atoms with Crippen molar-refractivity contribution in [2.75, 3.05) is 24.5 Å². The van der Waals surface area contributed by atoms with Gasteiger partial charge in [0.1, 0.15) is 23.7 Å². The number of aromatic nitrogens is 3. The van der Waals surface area contributed by atoms with E-state index in [0.717, 1.165) is 31.5 Å². The third-order valence-electron chi connectivity index (χ3n) is 6.31. The average molecular weight is 428 g/mol. The van der Waals surface area contributed by atoms with Gasteiger partial charge in [-0.1, -0.05) is 18.2 Å². The van der Waals surface area contributed by atoms with Crippen LogP contribution in [0.1, 0.15) is 36.0 Å². The zero-order valence-corrected chi connectivity index (χ0v) is 17.2. The van der Waals surface area contributed by atoms with E-state index in [-0.39, 0.29) is 31.0 Å². The van der Waals surface area contributed by atoms with E-state index in [4.69, 9.17) is 0 Å². The molecule has 0 radical (unpaired) electrons. The molecule has 1 amide bonds. The van der Waals surface area contributed by atoms with Crippen LogP contribution in [0.5, 0.6) is 0 Å². The number of carbonyl (C=O) groups excluding carboxylic acids is 1. The molecule has 2 N–H and O–H groups in total. The highest BCUT2D eigenvalue weighted by Crippen LogP contribution is 2.34. The fourth-order valence-electron chi connectivity index (χ4n) is 4.71. The quantitative estimate of drug-likeness (QED) is 0.782. The SMILES string of the molecule is O=C(NC1CCNCC1)c1cnn2ccc(N3CC(F)CC3C3=CC=CC(F)C3)nc12. The van der Waals surface area contributed by atoms with Gasteiger partial charge < -0.3 is 15.5 Å². The van der Waals surface area contributed by atoms with E-state index in [9.17, 15) is 13.6 Å². The molecule has 4 heterocycles. The number of anilines is 1. The molecule has 0 spiro atoms. The van der Waals surface area contributed by atoms with Gasteiger partial charge in [-0.25, -0.2) is 18.3 Å². The average Bonchev–Trinajstić information content (AvgIpc) is 3.37. The van der Waals surface area contributed by atoms with Gasteiger partial charge in [-0.3, -0.25) is 4.79 Å². The minimum absolute atomic E-state index is 0.127. The maximum absolute atomic E-state index is 14.4. The summed E-state index contributed by atoms with van der Waals surface area (Å²) in [6.07, 6.45) is 8.62. The number of carbonyl (C=O) groups is 1. The smallest absolute Gasteiger partial charge is 0.256 e. The monoisotopic (exact) mass is 428 g/mol. The van der Waals surface area contributed by atoms with Gasteiger partial charge in [-0.15, -0.1) is 0 Å². The molecule has 3 unspecified atom stereocenters. The van der Waals surface area contributed by atoms with Crippen molar-refractivity contribution in [3.8, 4) is 0 Å². The zero-order chi connectivity index (χ0) is 21.4. The molecular formula is C22H26F2N6O. The summed E-state index contributed by atoms with van der Waals surface area (Å²) in [4.78, 5) is 19.4. The Kier molecular flexibility index (Phi) is 5.43. The number of amides is 1. The van der Waals surface area contributed by atoms with Crippen LogP contribution in [-0.2, 0) is 0 Å². The van der Waals surface area contributed by atoms with Crippen molar-refractivity contribution in [2.24, 2.45) is 0 Å². The number of hydrogen-bond donors (Lipinski definition) is 2. The van der Waals surface area contributed by atoms with Crippen LogP contribution >= 0.6 is 0 Å². The summed E-state index contributed by atoms with van der Waals surface area (Å²) < 4.78 is 29.8. The number of allylic oxidation sites excluding steroid dienone is 3. The molecule has 3 atom stereocenters. The molecule has 2 fully saturated rings. The lowest BCUT2D eigenvalue weighted by atomic mass is 9.95. The number of halogens is 2. The van der Waals surface area contributed by atoms with Gasteiger partial charge in [0.05, 0.1) is 18.8 Å². The van der Waals surface area contributed by atoms with E-state index in [0.29, 0.717) is 23.4 Å². The molecular weight excluding hydrogens is 402 g/mol. The summed E-state index contributed by atoms with van der Waals surface area (Å²) >= 11 is 0. The molecule has 9 heteroatoms. The van der Waals surface area contributed by atoms with Gasteiger partial charge >= 0.3 is 0 Å². The number of rotatable bonds is 4. The number of alkyl halides is 2. The van der Waals surface area contributed by atoms with Crippen LogP contribution in [0.25, 0.3) is 5.65 Å². The second-order valence-electron chi connectivity index (χ2n) is 8.46. The molecule has 0 saturated carbocycles. The van der Waals surface area contributed by atoms with Crippen molar-refractivity contribution in [1.29, 1.82) is 0 Å². The first kappa shape index (κ1) is 20.1. The first-order chi connectivity index (χ1) is 15.1.